The van der Waals surface area contributed by atoms with Crippen molar-refractivity contribution in [1.82, 2.24) is 0 Å². The molecule has 0 bridgehead atoms. The molecule has 0 saturated heterocycles. The van der Waals surface area contributed by atoms with Crippen LogP contribution in [0.4, 0.5) is 0 Å². The van der Waals surface area contributed by atoms with E-state index in [0.29, 0.717) is 0 Å². The molecule has 0 rings (SSSR count). The normalized spacial score (nSPS) is 9.67. The SMILES string of the molecule is O=S(=O)(O)[SeH].[NaH]. The first-order chi connectivity index (χ1) is 2.00. The fourth-order valence-electron chi connectivity index (χ4n) is 0. The van der Waals surface area contributed by atoms with Crippen molar-refractivity contribution in [2.24, 2.45) is 0 Å². The Morgan fingerprint density at radius 2 is 1.50 bits per heavy atom. The van der Waals surface area contributed by atoms with Gasteiger partial charge >= 0.3 is 66.0 Å². The van der Waals surface area contributed by atoms with Crippen molar-refractivity contribution in [2.75, 3.05) is 0 Å². The van der Waals surface area contributed by atoms with E-state index in [1.54, 1.807) is 0 Å². The molecule has 0 heterocycles. The Morgan fingerprint density at radius 3 is 1.50 bits per heavy atom. The fraction of sp³-hybridized carbons (Fsp3) is 0. The number of hydrogen-bond donors (Lipinski definition) is 1. The molecule has 34 valence electrons. The van der Waals surface area contributed by atoms with Crippen LogP contribution in [0.2, 0.25) is 0 Å². The molecular weight excluding hydrogens is 182 g/mol. The summed E-state index contributed by atoms with van der Waals surface area (Å²) in [6.45, 7) is 0. The summed E-state index contributed by atoms with van der Waals surface area (Å²) in [6.07, 6.45) is 0. The van der Waals surface area contributed by atoms with E-state index < -0.39 is 8.54 Å². The topological polar surface area (TPSA) is 54.4 Å². The Morgan fingerprint density at radius 1 is 1.50 bits per heavy atom. The van der Waals surface area contributed by atoms with Gasteiger partial charge in [0.25, 0.3) is 0 Å². The van der Waals surface area contributed by atoms with Crippen molar-refractivity contribution in [1.29, 1.82) is 0 Å². The summed E-state index contributed by atoms with van der Waals surface area (Å²) >= 11 is 1.11. The predicted octanol–water partition coefficient (Wildman–Crippen LogP) is -1.96. The Balaban J connectivity index is 0. The van der Waals surface area contributed by atoms with E-state index in [1.165, 1.54) is 0 Å². The van der Waals surface area contributed by atoms with Gasteiger partial charge in [0.15, 0.2) is 0 Å². The van der Waals surface area contributed by atoms with E-state index in [4.69, 9.17) is 13.0 Å². The fourth-order valence-corrected chi connectivity index (χ4v) is 0. The molecular formula is H3NaO3SSe. The first kappa shape index (κ1) is 10.4. The quantitative estimate of drug-likeness (QED) is 0.352. The van der Waals surface area contributed by atoms with Crippen molar-refractivity contribution in [3.05, 3.63) is 0 Å². The summed E-state index contributed by atoms with van der Waals surface area (Å²) in [5.74, 6) is 0. The molecule has 6 heteroatoms. The molecule has 0 saturated carbocycles. The molecule has 0 aliphatic carbocycles. The van der Waals surface area contributed by atoms with Crippen molar-refractivity contribution >= 4 is 53.0 Å². The van der Waals surface area contributed by atoms with Gasteiger partial charge in [0, 0.05) is 0 Å². The minimum atomic E-state index is -3.73. The monoisotopic (exact) mass is 186 g/mol. The maximum absolute atomic E-state index is 9.16. The van der Waals surface area contributed by atoms with Crippen LogP contribution in [0.5, 0.6) is 0 Å². The molecule has 6 heavy (non-hydrogen) atoms. The summed E-state index contributed by atoms with van der Waals surface area (Å²) in [4.78, 5) is 0. The summed E-state index contributed by atoms with van der Waals surface area (Å²) in [5.41, 5.74) is 0. The Bertz CT molecular complexity index is 94.0. The number of hydrogen-bond acceptors (Lipinski definition) is 2. The first-order valence-corrected chi connectivity index (χ1v) is 4.39. The molecule has 0 aromatic rings. The summed E-state index contributed by atoms with van der Waals surface area (Å²) < 4.78 is 25.8. The Hall–Kier alpha value is 1.43. The molecule has 0 amide bonds. The summed E-state index contributed by atoms with van der Waals surface area (Å²) in [5, 5.41) is 0. The van der Waals surface area contributed by atoms with E-state index in [2.05, 4.69) is 0 Å². The van der Waals surface area contributed by atoms with Gasteiger partial charge < -0.3 is 0 Å². The van der Waals surface area contributed by atoms with E-state index in [1.807, 2.05) is 0 Å². The van der Waals surface area contributed by atoms with Crippen LogP contribution in [0.3, 0.4) is 0 Å². The van der Waals surface area contributed by atoms with Gasteiger partial charge in [-0.1, -0.05) is 0 Å². The van der Waals surface area contributed by atoms with Gasteiger partial charge in [-0.2, -0.15) is 0 Å². The summed E-state index contributed by atoms with van der Waals surface area (Å²) in [6, 6.07) is 0. The van der Waals surface area contributed by atoms with Gasteiger partial charge in [-0.25, -0.2) is 0 Å². The molecule has 0 atom stereocenters. The molecule has 0 aromatic heterocycles. The molecule has 0 unspecified atom stereocenters. The predicted molar refractivity (Wildman–Crippen MR) is 25.8 cm³/mol. The van der Waals surface area contributed by atoms with E-state index in [-0.39, 0.29) is 29.6 Å². The van der Waals surface area contributed by atoms with Crippen LogP contribution in [-0.4, -0.2) is 57.4 Å². The Kier molecular flexibility index (Phi) is 5.96. The third-order valence-electron chi connectivity index (χ3n) is 0. The van der Waals surface area contributed by atoms with Crippen molar-refractivity contribution in [3.8, 4) is 0 Å². The molecule has 0 aliphatic heterocycles. The van der Waals surface area contributed by atoms with E-state index >= 15 is 0 Å². The van der Waals surface area contributed by atoms with Crippen LogP contribution in [0.1, 0.15) is 0 Å². The second kappa shape index (κ2) is 3.43. The van der Waals surface area contributed by atoms with Gasteiger partial charge in [0.2, 0.25) is 0 Å². The first-order valence-electron chi connectivity index (χ1n) is 0.698. The van der Waals surface area contributed by atoms with Crippen molar-refractivity contribution in [2.45, 2.75) is 0 Å². The van der Waals surface area contributed by atoms with Gasteiger partial charge in [-0.05, 0) is 0 Å². The van der Waals surface area contributed by atoms with Gasteiger partial charge in [0.1, 0.15) is 0 Å². The molecule has 3 nitrogen and oxygen atoms in total. The molecule has 0 spiro atoms. The zero-order chi connectivity index (χ0) is 4.50. The molecule has 0 aromatic carbocycles. The Labute approximate surface area is 65.4 Å². The molecule has 0 radical (unpaired) electrons. The van der Waals surface area contributed by atoms with Crippen molar-refractivity contribution < 1.29 is 13.0 Å². The van der Waals surface area contributed by atoms with Crippen molar-refractivity contribution in [3.63, 3.8) is 0 Å². The zero-order valence-corrected chi connectivity index (χ0v) is 4.81. The third kappa shape index (κ3) is 52.1. The van der Waals surface area contributed by atoms with Gasteiger partial charge in [0.05, 0.1) is 0 Å². The second-order valence-electron chi connectivity index (χ2n) is 0.448. The second-order valence-corrected chi connectivity index (χ2v) is 4.25. The van der Waals surface area contributed by atoms with Crippen LogP contribution in [0.15, 0.2) is 0 Å². The van der Waals surface area contributed by atoms with Gasteiger partial charge in [-0.15, -0.1) is 0 Å². The molecule has 1 N–H and O–H groups in total. The average Bonchev–Trinajstić information content (AvgIpc) is 0.722. The zero-order valence-electron chi connectivity index (χ0n) is 2.12. The standard InChI is InChI=1S/Na.H2O3SSe.H/c;1-4(2,3)5;/h;(H2,1,2,3,5);. The van der Waals surface area contributed by atoms with Crippen LogP contribution in [0, 0.1) is 0 Å². The van der Waals surface area contributed by atoms with Gasteiger partial charge in [-0.3, -0.25) is 0 Å². The van der Waals surface area contributed by atoms with E-state index in [9.17, 15) is 0 Å². The number of rotatable bonds is 0. The minimum absolute atomic E-state index is 0. The van der Waals surface area contributed by atoms with E-state index in [0.717, 1.165) is 14.9 Å². The summed E-state index contributed by atoms with van der Waals surface area (Å²) in [7, 11) is -3.73. The molecule has 0 fully saturated rings. The van der Waals surface area contributed by atoms with Crippen LogP contribution in [-0.2, 0) is 8.54 Å². The van der Waals surface area contributed by atoms with Crippen LogP contribution >= 0.6 is 0 Å². The third-order valence-corrected chi connectivity index (χ3v) is 0. The maximum atomic E-state index is 9.16. The average molecular weight is 185 g/mol. The van der Waals surface area contributed by atoms with Crippen LogP contribution < -0.4 is 0 Å². The van der Waals surface area contributed by atoms with Crippen LogP contribution in [0.25, 0.3) is 0 Å². The molecule has 0 aliphatic rings.